The van der Waals surface area contributed by atoms with Crippen molar-refractivity contribution in [1.82, 2.24) is 4.90 Å². The van der Waals surface area contributed by atoms with Crippen molar-refractivity contribution in [1.29, 1.82) is 0 Å². The first kappa shape index (κ1) is 15.9. The average Bonchev–Trinajstić information content (AvgIpc) is 2.83. The van der Waals surface area contributed by atoms with Gasteiger partial charge in [-0.25, -0.2) is 4.39 Å². The van der Waals surface area contributed by atoms with Crippen LogP contribution in [0.15, 0.2) is 18.2 Å². The predicted octanol–water partition coefficient (Wildman–Crippen LogP) is 1.93. The van der Waals surface area contributed by atoms with Crippen LogP contribution >= 0.6 is 0 Å². The van der Waals surface area contributed by atoms with E-state index >= 15 is 0 Å². The maximum Gasteiger partial charge on any atom is 0.271 e. The summed E-state index contributed by atoms with van der Waals surface area (Å²) in [6.07, 6.45) is 0.0561. The summed E-state index contributed by atoms with van der Waals surface area (Å²) < 4.78 is 13.6. The van der Waals surface area contributed by atoms with E-state index in [1.54, 1.807) is 4.90 Å². The molecule has 2 amide bonds. The molecule has 0 spiro atoms. The first-order chi connectivity index (χ1) is 10.3. The molecule has 1 saturated heterocycles. The third kappa shape index (κ3) is 3.21. The third-order valence-electron chi connectivity index (χ3n) is 3.57. The number of likely N-dealkylation sites (tertiary alicyclic amines) is 1. The average molecular weight is 309 g/mol. The van der Waals surface area contributed by atoms with Crippen LogP contribution in [0.5, 0.6) is 0 Å². The van der Waals surface area contributed by atoms with Gasteiger partial charge in [-0.2, -0.15) is 0 Å². The Morgan fingerprint density at radius 2 is 2.18 bits per heavy atom. The van der Waals surface area contributed by atoms with Crippen molar-refractivity contribution in [3.05, 3.63) is 34.1 Å². The summed E-state index contributed by atoms with van der Waals surface area (Å²) >= 11 is 0. The van der Waals surface area contributed by atoms with E-state index in [0.717, 1.165) is 18.2 Å². The highest BCUT2D eigenvalue weighted by molar-refractivity contribution is 5.97. The zero-order chi connectivity index (χ0) is 16.4. The van der Waals surface area contributed by atoms with E-state index in [1.165, 1.54) is 0 Å². The lowest BCUT2D eigenvalue weighted by molar-refractivity contribution is -0.384. The van der Waals surface area contributed by atoms with Crippen LogP contribution in [0.25, 0.3) is 0 Å². The number of benzene rings is 1. The summed E-state index contributed by atoms with van der Waals surface area (Å²) in [6.45, 7) is 3.95. The van der Waals surface area contributed by atoms with Gasteiger partial charge in [0.25, 0.3) is 5.69 Å². The van der Waals surface area contributed by atoms with Crippen molar-refractivity contribution in [2.45, 2.75) is 26.3 Å². The van der Waals surface area contributed by atoms with Crippen LogP contribution in [0.2, 0.25) is 0 Å². The number of carbonyl (C=O) groups excluding carboxylic acids is 2. The first-order valence-electron chi connectivity index (χ1n) is 6.84. The zero-order valence-corrected chi connectivity index (χ0v) is 12.2. The molecule has 0 saturated carbocycles. The molecule has 8 heteroatoms. The molecule has 0 unspecified atom stereocenters. The van der Waals surface area contributed by atoms with Gasteiger partial charge in [-0.15, -0.1) is 0 Å². The topological polar surface area (TPSA) is 92.6 Å². The quantitative estimate of drug-likeness (QED) is 0.679. The van der Waals surface area contributed by atoms with E-state index in [4.69, 9.17) is 0 Å². The number of carbonyl (C=O) groups is 2. The van der Waals surface area contributed by atoms with Gasteiger partial charge in [-0.3, -0.25) is 19.7 Å². The standard InChI is InChI=1S/C14H16FN3O4/c1-8(2)17-7-9(5-13(17)19)14(20)16-12-6-10(18(21)22)3-4-11(12)15/h3-4,6,8-9H,5,7H2,1-2H3,(H,16,20)/t9-/m0/s1. The second-order valence-corrected chi connectivity index (χ2v) is 5.45. The van der Waals surface area contributed by atoms with Crippen LogP contribution in [-0.4, -0.2) is 34.2 Å². The Labute approximate surface area is 126 Å². The number of nitrogens with zero attached hydrogens (tertiary/aromatic N) is 2. The monoisotopic (exact) mass is 309 g/mol. The molecule has 118 valence electrons. The van der Waals surface area contributed by atoms with Crippen molar-refractivity contribution in [3.63, 3.8) is 0 Å². The van der Waals surface area contributed by atoms with Gasteiger partial charge < -0.3 is 10.2 Å². The highest BCUT2D eigenvalue weighted by Gasteiger charge is 2.35. The fourth-order valence-electron chi connectivity index (χ4n) is 2.36. The SMILES string of the molecule is CC(C)N1C[C@@H](C(=O)Nc2cc([N+](=O)[O-])ccc2F)CC1=O. The summed E-state index contributed by atoms with van der Waals surface area (Å²) in [5.74, 6) is -2.00. The minimum atomic E-state index is -0.760. The molecule has 2 rings (SSSR count). The molecule has 1 aliphatic rings. The molecule has 0 bridgehead atoms. The largest absolute Gasteiger partial charge is 0.339 e. The van der Waals surface area contributed by atoms with Gasteiger partial charge in [0.1, 0.15) is 5.82 Å². The Morgan fingerprint density at radius 1 is 1.50 bits per heavy atom. The second kappa shape index (κ2) is 6.08. The van der Waals surface area contributed by atoms with E-state index in [-0.39, 0.29) is 36.3 Å². The molecule has 1 heterocycles. The first-order valence-corrected chi connectivity index (χ1v) is 6.84. The molecule has 0 aliphatic carbocycles. The van der Waals surface area contributed by atoms with Crippen LogP contribution in [0.4, 0.5) is 15.8 Å². The Bertz CT molecular complexity index is 633. The molecule has 1 aliphatic heterocycles. The summed E-state index contributed by atoms with van der Waals surface area (Å²) in [6, 6.07) is 2.89. The van der Waals surface area contributed by atoms with Crippen molar-refractivity contribution in [2.75, 3.05) is 11.9 Å². The van der Waals surface area contributed by atoms with Crippen LogP contribution in [0, 0.1) is 21.8 Å². The number of hydrogen-bond donors (Lipinski definition) is 1. The van der Waals surface area contributed by atoms with E-state index in [2.05, 4.69) is 5.32 Å². The highest BCUT2D eigenvalue weighted by atomic mass is 19.1. The van der Waals surface area contributed by atoms with Crippen LogP contribution in [0.3, 0.4) is 0 Å². The summed E-state index contributed by atoms with van der Waals surface area (Å²) in [5.41, 5.74) is -0.572. The van der Waals surface area contributed by atoms with Crippen molar-refractivity contribution >= 4 is 23.2 Å². The van der Waals surface area contributed by atoms with E-state index in [1.807, 2.05) is 13.8 Å². The molecular formula is C14H16FN3O4. The van der Waals surface area contributed by atoms with Gasteiger partial charge in [0.05, 0.1) is 16.5 Å². The lowest BCUT2D eigenvalue weighted by atomic mass is 10.1. The number of nitro groups is 1. The number of anilines is 1. The van der Waals surface area contributed by atoms with Crippen molar-refractivity contribution in [2.24, 2.45) is 5.92 Å². The van der Waals surface area contributed by atoms with Gasteiger partial charge in [0.2, 0.25) is 11.8 Å². The number of hydrogen-bond acceptors (Lipinski definition) is 4. The Morgan fingerprint density at radius 3 is 2.73 bits per heavy atom. The molecule has 1 atom stereocenters. The molecule has 1 N–H and O–H groups in total. The van der Waals surface area contributed by atoms with Gasteiger partial charge >= 0.3 is 0 Å². The highest BCUT2D eigenvalue weighted by Crippen LogP contribution is 2.25. The number of nitrogens with one attached hydrogen (secondary N) is 1. The maximum atomic E-state index is 13.6. The van der Waals surface area contributed by atoms with Gasteiger partial charge in [0, 0.05) is 31.1 Å². The van der Waals surface area contributed by atoms with E-state index in [9.17, 15) is 24.1 Å². The molecule has 0 aromatic heterocycles. The molecule has 7 nitrogen and oxygen atoms in total. The summed E-state index contributed by atoms with van der Waals surface area (Å²) in [5, 5.41) is 13.0. The minimum Gasteiger partial charge on any atom is -0.339 e. The van der Waals surface area contributed by atoms with Crippen LogP contribution < -0.4 is 5.32 Å². The smallest absolute Gasteiger partial charge is 0.271 e. The van der Waals surface area contributed by atoms with Crippen molar-refractivity contribution in [3.8, 4) is 0 Å². The Balaban J connectivity index is 2.11. The minimum absolute atomic E-state index is 0.0140. The van der Waals surface area contributed by atoms with E-state index in [0.29, 0.717) is 0 Å². The van der Waals surface area contributed by atoms with Crippen LogP contribution in [-0.2, 0) is 9.59 Å². The number of rotatable bonds is 4. The lowest BCUT2D eigenvalue weighted by Gasteiger charge is -2.20. The molecule has 0 radical (unpaired) electrons. The molecular weight excluding hydrogens is 293 g/mol. The normalized spacial score (nSPS) is 17.9. The van der Waals surface area contributed by atoms with Gasteiger partial charge in [-0.05, 0) is 19.9 Å². The lowest BCUT2D eigenvalue weighted by Crippen LogP contribution is -2.33. The van der Waals surface area contributed by atoms with Gasteiger partial charge in [-0.1, -0.05) is 0 Å². The zero-order valence-electron chi connectivity index (χ0n) is 12.2. The number of halogens is 1. The Kier molecular flexibility index (Phi) is 4.39. The van der Waals surface area contributed by atoms with Gasteiger partial charge in [0.15, 0.2) is 0 Å². The van der Waals surface area contributed by atoms with E-state index < -0.39 is 22.6 Å². The molecule has 1 aromatic carbocycles. The maximum absolute atomic E-state index is 13.6. The second-order valence-electron chi connectivity index (χ2n) is 5.45. The molecule has 1 fully saturated rings. The predicted molar refractivity (Wildman–Crippen MR) is 76.6 cm³/mol. The number of amides is 2. The fourth-order valence-corrected chi connectivity index (χ4v) is 2.36. The molecule has 22 heavy (non-hydrogen) atoms. The number of non-ortho nitro benzene ring substituents is 1. The molecule has 1 aromatic rings. The van der Waals surface area contributed by atoms with Crippen molar-refractivity contribution < 1.29 is 18.9 Å². The fraction of sp³-hybridized carbons (Fsp3) is 0.429. The third-order valence-corrected chi connectivity index (χ3v) is 3.57. The Hall–Kier alpha value is -2.51. The summed E-state index contributed by atoms with van der Waals surface area (Å²) in [7, 11) is 0. The van der Waals surface area contributed by atoms with Crippen LogP contribution in [0.1, 0.15) is 20.3 Å². The summed E-state index contributed by atoms with van der Waals surface area (Å²) in [4.78, 5) is 35.5. The number of nitro benzene ring substituents is 1.